The summed E-state index contributed by atoms with van der Waals surface area (Å²) in [4.78, 5) is 0. The van der Waals surface area contributed by atoms with Crippen LogP contribution in [0.5, 0.6) is 0 Å². The van der Waals surface area contributed by atoms with Crippen LogP contribution in [-0.2, 0) is 0 Å². The van der Waals surface area contributed by atoms with E-state index in [2.05, 4.69) is 32.9 Å². The lowest BCUT2D eigenvalue weighted by atomic mass is 9.48. The van der Waals surface area contributed by atoms with Gasteiger partial charge in [0.2, 0.25) is 0 Å². The van der Waals surface area contributed by atoms with Gasteiger partial charge in [0.05, 0.1) is 6.10 Å². The van der Waals surface area contributed by atoms with Gasteiger partial charge in [-0.05, 0) is 86.9 Å². The molecule has 0 aromatic rings. The molecule has 0 amide bonds. The van der Waals surface area contributed by atoms with Gasteiger partial charge in [-0.3, -0.25) is 0 Å². The molecule has 4 aliphatic rings. The summed E-state index contributed by atoms with van der Waals surface area (Å²) in [5.74, 6) is 2.66. The van der Waals surface area contributed by atoms with Crippen molar-refractivity contribution in [3.63, 3.8) is 0 Å². The second-order valence-corrected chi connectivity index (χ2v) is 8.96. The quantitative estimate of drug-likeness (QED) is 0.605. The molecule has 1 heteroatoms. The fourth-order valence-corrected chi connectivity index (χ4v) is 6.96. The van der Waals surface area contributed by atoms with Crippen LogP contribution in [0.15, 0.2) is 23.3 Å². The van der Waals surface area contributed by atoms with Gasteiger partial charge >= 0.3 is 0 Å². The van der Waals surface area contributed by atoms with Crippen molar-refractivity contribution in [3.8, 4) is 0 Å². The van der Waals surface area contributed by atoms with E-state index < -0.39 is 0 Å². The van der Waals surface area contributed by atoms with E-state index in [1.165, 1.54) is 38.5 Å². The number of allylic oxidation sites excluding steroid dienone is 3. The first-order valence-electron chi connectivity index (χ1n) is 9.52. The third kappa shape index (κ3) is 1.87. The first kappa shape index (κ1) is 15.0. The molecule has 0 saturated heterocycles. The SMILES string of the molecule is C/C=C1\CCC2C3CC=C4C[C@@H](O)CC[C@]4(C)C3CC[C@]12C. The zero-order valence-electron chi connectivity index (χ0n) is 14.6. The van der Waals surface area contributed by atoms with Crippen molar-refractivity contribution in [3.05, 3.63) is 23.3 Å². The third-order valence-corrected chi connectivity index (χ3v) is 8.27. The summed E-state index contributed by atoms with van der Waals surface area (Å²) in [6, 6.07) is 0. The molecular weight excluding hydrogens is 268 g/mol. The molecule has 0 bridgehead atoms. The van der Waals surface area contributed by atoms with Gasteiger partial charge in [0.1, 0.15) is 0 Å². The van der Waals surface area contributed by atoms with Crippen LogP contribution in [0.2, 0.25) is 0 Å². The van der Waals surface area contributed by atoms with E-state index in [0.717, 1.165) is 30.6 Å². The van der Waals surface area contributed by atoms with Crippen molar-refractivity contribution in [2.75, 3.05) is 0 Å². The predicted octanol–water partition coefficient (Wildman–Crippen LogP) is 5.26. The molecule has 122 valence electrons. The molecule has 0 aromatic carbocycles. The Kier molecular flexibility index (Phi) is 3.39. The zero-order valence-corrected chi connectivity index (χ0v) is 14.6. The Balaban J connectivity index is 1.69. The molecule has 4 aliphatic carbocycles. The van der Waals surface area contributed by atoms with Gasteiger partial charge in [-0.25, -0.2) is 0 Å². The molecule has 3 unspecified atom stereocenters. The monoisotopic (exact) mass is 300 g/mol. The molecule has 0 aromatic heterocycles. The normalized spacial score (nSPS) is 52.7. The van der Waals surface area contributed by atoms with E-state index in [-0.39, 0.29) is 6.10 Å². The van der Waals surface area contributed by atoms with Gasteiger partial charge in [0.25, 0.3) is 0 Å². The van der Waals surface area contributed by atoms with Crippen LogP contribution in [-0.4, -0.2) is 11.2 Å². The molecule has 3 fully saturated rings. The Morgan fingerprint density at radius 1 is 1.09 bits per heavy atom. The second-order valence-electron chi connectivity index (χ2n) is 8.96. The zero-order chi connectivity index (χ0) is 15.5. The minimum absolute atomic E-state index is 0.0779. The second kappa shape index (κ2) is 4.97. The van der Waals surface area contributed by atoms with Crippen LogP contribution in [0, 0.1) is 28.6 Å². The molecule has 3 saturated carbocycles. The maximum atomic E-state index is 10.1. The molecule has 0 aliphatic heterocycles. The summed E-state index contributed by atoms with van der Waals surface area (Å²) in [7, 11) is 0. The van der Waals surface area contributed by atoms with Gasteiger partial charge in [0, 0.05) is 0 Å². The maximum absolute atomic E-state index is 10.1. The minimum atomic E-state index is -0.0779. The number of aliphatic hydroxyl groups is 1. The highest BCUT2D eigenvalue weighted by Crippen LogP contribution is 2.66. The van der Waals surface area contributed by atoms with E-state index in [1.54, 1.807) is 11.1 Å². The molecule has 0 heterocycles. The lowest BCUT2D eigenvalue weighted by molar-refractivity contribution is -0.0268. The topological polar surface area (TPSA) is 20.2 Å². The first-order valence-corrected chi connectivity index (χ1v) is 9.52. The predicted molar refractivity (Wildman–Crippen MR) is 91.5 cm³/mol. The molecule has 0 radical (unpaired) electrons. The van der Waals surface area contributed by atoms with Crippen molar-refractivity contribution < 1.29 is 5.11 Å². The van der Waals surface area contributed by atoms with Crippen molar-refractivity contribution in [2.45, 2.75) is 78.2 Å². The summed E-state index contributed by atoms with van der Waals surface area (Å²) in [6.45, 7) is 7.33. The third-order valence-electron chi connectivity index (χ3n) is 8.27. The smallest absolute Gasteiger partial charge is 0.0577 e. The number of hydrogen-bond donors (Lipinski definition) is 1. The molecule has 4 rings (SSSR count). The Bertz CT molecular complexity index is 530. The summed E-state index contributed by atoms with van der Waals surface area (Å²) in [6.07, 6.45) is 14.9. The van der Waals surface area contributed by atoms with Crippen molar-refractivity contribution in [1.29, 1.82) is 0 Å². The van der Waals surface area contributed by atoms with E-state index in [0.29, 0.717) is 10.8 Å². The number of fused-ring (bicyclic) bond motifs is 5. The van der Waals surface area contributed by atoms with Crippen LogP contribution in [0.3, 0.4) is 0 Å². The molecular formula is C21H32O. The van der Waals surface area contributed by atoms with Gasteiger partial charge < -0.3 is 5.11 Å². The average Bonchev–Trinajstić information content (AvgIpc) is 2.84. The molecule has 0 spiro atoms. The fourth-order valence-electron chi connectivity index (χ4n) is 6.96. The van der Waals surface area contributed by atoms with E-state index in [1.807, 2.05) is 0 Å². The molecule has 6 atom stereocenters. The van der Waals surface area contributed by atoms with Crippen LogP contribution >= 0.6 is 0 Å². The lowest BCUT2D eigenvalue weighted by Gasteiger charge is -2.57. The Morgan fingerprint density at radius 2 is 1.82 bits per heavy atom. The minimum Gasteiger partial charge on any atom is -0.393 e. The summed E-state index contributed by atoms with van der Waals surface area (Å²) in [5.41, 5.74) is 4.23. The number of rotatable bonds is 0. The van der Waals surface area contributed by atoms with Gasteiger partial charge in [0.15, 0.2) is 0 Å². The first-order chi connectivity index (χ1) is 10.5. The van der Waals surface area contributed by atoms with Gasteiger partial charge in [-0.2, -0.15) is 0 Å². The molecule has 22 heavy (non-hydrogen) atoms. The Hall–Kier alpha value is -0.560. The highest BCUT2D eigenvalue weighted by atomic mass is 16.3. The van der Waals surface area contributed by atoms with E-state index in [9.17, 15) is 5.11 Å². The molecule has 1 N–H and O–H groups in total. The van der Waals surface area contributed by atoms with Crippen LogP contribution < -0.4 is 0 Å². The fraction of sp³-hybridized carbons (Fsp3) is 0.810. The molecule has 1 nitrogen and oxygen atoms in total. The largest absolute Gasteiger partial charge is 0.393 e. The van der Waals surface area contributed by atoms with Crippen LogP contribution in [0.4, 0.5) is 0 Å². The summed E-state index contributed by atoms with van der Waals surface area (Å²) >= 11 is 0. The van der Waals surface area contributed by atoms with Crippen LogP contribution in [0.25, 0.3) is 0 Å². The van der Waals surface area contributed by atoms with E-state index in [4.69, 9.17) is 0 Å². The van der Waals surface area contributed by atoms with Gasteiger partial charge in [-0.15, -0.1) is 0 Å². The van der Waals surface area contributed by atoms with Crippen molar-refractivity contribution in [2.24, 2.45) is 28.6 Å². The highest BCUT2D eigenvalue weighted by molar-refractivity contribution is 5.29. The average molecular weight is 300 g/mol. The summed E-state index contributed by atoms with van der Waals surface area (Å²) in [5, 5.41) is 10.1. The standard InChI is InChI=1S/C21H32O/c1-4-14-6-8-18-17-7-5-15-13-16(22)9-11-21(15,3)19(17)10-12-20(14,18)2/h4-5,16-19,22H,6-13H2,1-3H3/b14-4+/t16-,17?,18?,19?,20+,21-/m0/s1. The summed E-state index contributed by atoms with van der Waals surface area (Å²) < 4.78 is 0. The van der Waals surface area contributed by atoms with Crippen LogP contribution in [0.1, 0.15) is 72.1 Å². The highest BCUT2D eigenvalue weighted by Gasteiger charge is 2.56. The van der Waals surface area contributed by atoms with E-state index >= 15 is 0 Å². The number of aliphatic hydroxyl groups excluding tert-OH is 1. The van der Waals surface area contributed by atoms with Crippen molar-refractivity contribution in [1.82, 2.24) is 0 Å². The lowest BCUT2D eigenvalue weighted by Crippen LogP contribution is -2.49. The number of hydrogen-bond acceptors (Lipinski definition) is 1. The maximum Gasteiger partial charge on any atom is 0.0577 e. The van der Waals surface area contributed by atoms with Gasteiger partial charge in [-0.1, -0.05) is 37.1 Å². The Labute approximate surface area is 135 Å². The Morgan fingerprint density at radius 3 is 2.59 bits per heavy atom. The van der Waals surface area contributed by atoms with Crippen molar-refractivity contribution >= 4 is 0 Å².